The zero-order valence-corrected chi connectivity index (χ0v) is 18.5. The number of ketones is 1. The number of hydrogen-bond donors (Lipinski definition) is 1. The number of aryl methyl sites for hydroxylation is 1. The minimum atomic E-state index is 0.0500. The van der Waals surface area contributed by atoms with Gasteiger partial charge in [0, 0.05) is 30.7 Å². The van der Waals surface area contributed by atoms with Crippen molar-refractivity contribution in [1.82, 2.24) is 14.5 Å². The lowest BCUT2D eigenvalue weighted by Gasteiger charge is -2.03. The smallest absolute Gasteiger partial charge is 0.209 e. The highest BCUT2D eigenvalue weighted by Gasteiger charge is 2.13. The molecule has 0 spiro atoms. The average Bonchev–Trinajstić information content (AvgIpc) is 3.30. The molecule has 0 saturated heterocycles. The van der Waals surface area contributed by atoms with Crippen LogP contribution in [0.2, 0.25) is 5.02 Å². The molecule has 0 aliphatic carbocycles. The van der Waals surface area contributed by atoms with Crippen molar-refractivity contribution < 1.29 is 9.53 Å². The maximum Gasteiger partial charge on any atom is 0.209 e. The minimum absolute atomic E-state index is 0.0500. The highest BCUT2D eigenvalue weighted by molar-refractivity contribution is 7.22. The number of anilines is 2. The fourth-order valence-electron chi connectivity index (χ4n) is 3.23. The van der Waals surface area contributed by atoms with Crippen LogP contribution in [0.25, 0.3) is 21.3 Å². The van der Waals surface area contributed by atoms with Crippen LogP contribution in [0.5, 0.6) is 0 Å². The zero-order valence-electron chi connectivity index (χ0n) is 16.9. The Labute approximate surface area is 188 Å². The fraction of sp³-hybridized carbons (Fsp3) is 0.273. The van der Waals surface area contributed by atoms with E-state index in [0.717, 1.165) is 26.4 Å². The summed E-state index contributed by atoms with van der Waals surface area (Å²) >= 11 is 7.57. The predicted molar refractivity (Wildman–Crippen MR) is 123 cm³/mol. The van der Waals surface area contributed by atoms with E-state index in [1.54, 1.807) is 0 Å². The summed E-state index contributed by atoms with van der Waals surface area (Å²) in [5, 5.41) is 13.2. The molecule has 1 N–H and O–H groups in total. The van der Waals surface area contributed by atoms with Crippen LogP contribution in [0.1, 0.15) is 29.6 Å². The third-order valence-electron chi connectivity index (χ3n) is 4.82. The van der Waals surface area contributed by atoms with Crippen molar-refractivity contribution in [2.75, 3.05) is 18.5 Å². The number of nitriles is 1. The van der Waals surface area contributed by atoms with Gasteiger partial charge >= 0.3 is 0 Å². The number of aromatic nitrogens is 3. The maximum absolute atomic E-state index is 12.5. The molecule has 0 aliphatic heterocycles. The van der Waals surface area contributed by atoms with Gasteiger partial charge in [-0.05, 0) is 42.8 Å². The Balaban J connectivity index is 1.46. The van der Waals surface area contributed by atoms with Crippen LogP contribution in [-0.2, 0) is 11.8 Å². The molecule has 0 radical (unpaired) electrons. The van der Waals surface area contributed by atoms with Gasteiger partial charge in [-0.15, -0.1) is 0 Å². The largest absolute Gasteiger partial charge is 0.380 e. The van der Waals surface area contributed by atoms with Crippen LogP contribution in [0.3, 0.4) is 0 Å². The Morgan fingerprint density at radius 2 is 2.10 bits per heavy atom. The van der Waals surface area contributed by atoms with Crippen molar-refractivity contribution in [3.05, 3.63) is 47.0 Å². The Morgan fingerprint density at radius 1 is 1.23 bits per heavy atom. The van der Waals surface area contributed by atoms with E-state index in [9.17, 15) is 4.79 Å². The molecule has 0 fully saturated rings. The number of hydrogen-bond acceptors (Lipinski definition) is 7. The lowest BCUT2D eigenvalue weighted by Crippen LogP contribution is -2.03. The van der Waals surface area contributed by atoms with Crippen LogP contribution < -0.4 is 5.32 Å². The molecule has 31 heavy (non-hydrogen) atoms. The standard InChI is InChI=1S/C22H20ClN5O2S/c1-28-18-8-5-14(19(29)4-2-10-30-11-3-9-24)12-17(18)25-21(28)27-22-26-16-7-6-15(23)13-20(16)31-22/h5-8,12-13H,2-4,10-11H2,1H3,(H,25,26,27). The van der Waals surface area contributed by atoms with Crippen LogP contribution >= 0.6 is 22.9 Å². The molecule has 2 aromatic heterocycles. The Morgan fingerprint density at radius 3 is 2.94 bits per heavy atom. The van der Waals surface area contributed by atoms with Crippen molar-refractivity contribution >= 4 is 61.1 Å². The summed E-state index contributed by atoms with van der Waals surface area (Å²) in [7, 11) is 1.92. The van der Waals surface area contributed by atoms with E-state index in [2.05, 4.69) is 15.3 Å². The molecular weight excluding hydrogens is 434 g/mol. The van der Waals surface area contributed by atoms with Gasteiger partial charge in [0.1, 0.15) is 0 Å². The quantitative estimate of drug-likeness (QED) is 0.266. The molecule has 2 heterocycles. The predicted octanol–water partition coefficient (Wildman–Crippen LogP) is 5.47. The Bertz CT molecular complexity index is 1290. The van der Waals surface area contributed by atoms with Crippen molar-refractivity contribution in [2.24, 2.45) is 7.05 Å². The number of rotatable bonds is 9. The summed E-state index contributed by atoms with van der Waals surface area (Å²) in [6.45, 7) is 0.878. The van der Waals surface area contributed by atoms with E-state index < -0.39 is 0 Å². The number of benzene rings is 2. The molecule has 158 valence electrons. The Hall–Kier alpha value is -2.99. The SMILES string of the molecule is Cn1c(Nc2nc3ccc(Cl)cc3s2)nc2cc(C(=O)CCCOCCC#N)ccc21. The van der Waals surface area contributed by atoms with Crippen molar-refractivity contribution in [3.8, 4) is 6.07 Å². The second-order valence-electron chi connectivity index (χ2n) is 7.00. The molecule has 2 aromatic carbocycles. The van der Waals surface area contributed by atoms with Gasteiger partial charge in [0.05, 0.1) is 40.3 Å². The van der Waals surface area contributed by atoms with Crippen LogP contribution in [0, 0.1) is 11.3 Å². The van der Waals surface area contributed by atoms with Gasteiger partial charge in [0.15, 0.2) is 10.9 Å². The highest BCUT2D eigenvalue weighted by Crippen LogP contribution is 2.31. The van der Waals surface area contributed by atoms with Crippen LogP contribution in [-0.4, -0.2) is 33.5 Å². The number of carbonyl (C=O) groups is 1. The van der Waals surface area contributed by atoms with Gasteiger partial charge in [0.2, 0.25) is 5.95 Å². The number of halogens is 1. The van der Waals surface area contributed by atoms with E-state index in [1.165, 1.54) is 11.3 Å². The topological polar surface area (TPSA) is 92.8 Å². The number of imidazole rings is 1. The van der Waals surface area contributed by atoms with Gasteiger partial charge < -0.3 is 14.6 Å². The summed E-state index contributed by atoms with van der Waals surface area (Å²) in [6.07, 6.45) is 1.38. The normalized spacial score (nSPS) is 11.1. The second kappa shape index (κ2) is 9.43. The summed E-state index contributed by atoms with van der Waals surface area (Å²) in [5.41, 5.74) is 3.16. The molecule has 0 saturated carbocycles. The monoisotopic (exact) mass is 453 g/mol. The van der Waals surface area contributed by atoms with Gasteiger partial charge in [-0.2, -0.15) is 5.26 Å². The molecule has 0 bridgehead atoms. The van der Waals surface area contributed by atoms with E-state index in [1.807, 2.05) is 54.1 Å². The van der Waals surface area contributed by atoms with Crippen molar-refractivity contribution in [1.29, 1.82) is 5.26 Å². The molecule has 0 amide bonds. The lowest BCUT2D eigenvalue weighted by molar-refractivity contribution is 0.0942. The van der Waals surface area contributed by atoms with E-state index in [4.69, 9.17) is 21.6 Å². The summed E-state index contributed by atoms with van der Waals surface area (Å²) in [5.74, 6) is 0.699. The first-order valence-corrected chi connectivity index (χ1v) is 11.0. The third kappa shape index (κ3) is 4.85. The first-order chi connectivity index (χ1) is 15.0. The maximum atomic E-state index is 12.5. The minimum Gasteiger partial charge on any atom is -0.380 e. The first kappa shape index (κ1) is 21.2. The summed E-state index contributed by atoms with van der Waals surface area (Å²) in [4.78, 5) is 21.7. The van der Waals surface area contributed by atoms with Crippen LogP contribution in [0.15, 0.2) is 36.4 Å². The Kier molecular flexibility index (Phi) is 6.47. The number of carbonyl (C=O) groups excluding carboxylic acids is 1. The molecule has 7 nitrogen and oxygen atoms in total. The average molecular weight is 454 g/mol. The van der Waals surface area contributed by atoms with Crippen molar-refractivity contribution in [3.63, 3.8) is 0 Å². The van der Waals surface area contributed by atoms with Gasteiger partial charge in [-0.1, -0.05) is 22.9 Å². The van der Waals surface area contributed by atoms with Gasteiger partial charge in [0.25, 0.3) is 0 Å². The third-order valence-corrected chi connectivity index (χ3v) is 5.99. The van der Waals surface area contributed by atoms with E-state index in [0.29, 0.717) is 49.0 Å². The second-order valence-corrected chi connectivity index (χ2v) is 8.47. The highest BCUT2D eigenvalue weighted by atomic mass is 35.5. The zero-order chi connectivity index (χ0) is 21.8. The van der Waals surface area contributed by atoms with Crippen molar-refractivity contribution in [2.45, 2.75) is 19.3 Å². The summed E-state index contributed by atoms with van der Waals surface area (Å²) in [6, 6.07) is 13.2. The number of nitrogens with one attached hydrogen (secondary N) is 1. The molecular formula is C22H20ClN5O2S. The number of nitrogens with zero attached hydrogens (tertiary/aromatic N) is 4. The first-order valence-electron chi connectivity index (χ1n) is 9.82. The molecule has 0 aliphatic rings. The van der Waals surface area contributed by atoms with E-state index >= 15 is 0 Å². The molecule has 9 heteroatoms. The van der Waals surface area contributed by atoms with E-state index in [-0.39, 0.29) is 5.78 Å². The number of thiazole rings is 1. The van der Waals surface area contributed by atoms with Crippen LogP contribution in [0.4, 0.5) is 11.1 Å². The summed E-state index contributed by atoms with van der Waals surface area (Å²) < 4.78 is 8.26. The molecule has 0 atom stereocenters. The molecule has 0 unspecified atom stereocenters. The molecule has 4 rings (SSSR count). The lowest BCUT2D eigenvalue weighted by atomic mass is 10.1. The number of Topliss-reactive ketones (excluding diaryl/α,β-unsaturated/α-hetero) is 1. The molecule has 4 aromatic rings. The fourth-order valence-corrected chi connectivity index (χ4v) is 4.37. The number of ether oxygens (including phenoxy) is 1. The van der Waals surface area contributed by atoms with Gasteiger partial charge in [-0.3, -0.25) is 4.79 Å². The number of fused-ring (bicyclic) bond motifs is 2. The van der Waals surface area contributed by atoms with Gasteiger partial charge in [-0.25, -0.2) is 9.97 Å².